The molecule has 0 aliphatic carbocycles. The Morgan fingerprint density at radius 1 is 1.47 bits per heavy atom. The topological polar surface area (TPSA) is 53.1 Å². The first-order valence-electron chi connectivity index (χ1n) is 5.88. The standard InChI is InChI=1S/C13H15BrFN3O/c1-3-18-13(11(19-2)7-17-18)12(16)8-4-9(14)6-10(15)5-8/h4-7,12H,3,16H2,1-2H3. The molecule has 19 heavy (non-hydrogen) atoms. The summed E-state index contributed by atoms with van der Waals surface area (Å²) in [5, 5.41) is 4.20. The van der Waals surface area contributed by atoms with Crippen molar-refractivity contribution in [3.05, 3.63) is 45.9 Å². The smallest absolute Gasteiger partial charge is 0.161 e. The molecule has 0 saturated carbocycles. The molecule has 1 heterocycles. The monoisotopic (exact) mass is 327 g/mol. The summed E-state index contributed by atoms with van der Waals surface area (Å²) >= 11 is 3.27. The molecule has 0 radical (unpaired) electrons. The van der Waals surface area contributed by atoms with Gasteiger partial charge in [-0.3, -0.25) is 4.68 Å². The summed E-state index contributed by atoms with van der Waals surface area (Å²) in [6, 6.07) is 4.11. The Morgan fingerprint density at radius 3 is 2.79 bits per heavy atom. The predicted octanol–water partition coefficient (Wildman–Crippen LogP) is 2.86. The van der Waals surface area contributed by atoms with Gasteiger partial charge in [0.1, 0.15) is 11.5 Å². The van der Waals surface area contributed by atoms with Crippen molar-refractivity contribution in [2.45, 2.75) is 19.5 Å². The maximum Gasteiger partial charge on any atom is 0.161 e. The van der Waals surface area contributed by atoms with Gasteiger partial charge in [0.05, 0.1) is 19.3 Å². The predicted molar refractivity (Wildman–Crippen MR) is 74.6 cm³/mol. The average Bonchev–Trinajstić information content (AvgIpc) is 2.79. The summed E-state index contributed by atoms with van der Waals surface area (Å²) in [5.41, 5.74) is 7.63. The van der Waals surface area contributed by atoms with E-state index in [1.165, 1.54) is 12.1 Å². The molecule has 0 bridgehead atoms. The van der Waals surface area contributed by atoms with Gasteiger partial charge >= 0.3 is 0 Å². The third-order valence-corrected chi connectivity index (χ3v) is 3.36. The van der Waals surface area contributed by atoms with Crippen LogP contribution >= 0.6 is 15.9 Å². The van der Waals surface area contributed by atoms with Gasteiger partial charge in [-0.2, -0.15) is 5.10 Å². The summed E-state index contributed by atoms with van der Waals surface area (Å²) < 4.78 is 21.1. The van der Waals surface area contributed by atoms with Gasteiger partial charge in [0, 0.05) is 11.0 Å². The molecule has 0 spiro atoms. The van der Waals surface area contributed by atoms with E-state index in [2.05, 4.69) is 21.0 Å². The van der Waals surface area contributed by atoms with Crippen LogP contribution in [0.15, 0.2) is 28.9 Å². The zero-order valence-electron chi connectivity index (χ0n) is 10.7. The van der Waals surface area contributed by atoms with Gasteiger partial charge in [0.15, 0.2) is 5.75 Å². The molecule has 2 rings (SSSR count). The Hall–Kier alpha value is -1.40. The molecule has 1 unspecified atom stereocenters. The van der Waals surface area contributed by atoms with Crippen LogP contribution in [0.1, 0.15) is 24.2 Å². The fourth-order valence-corrected chi connectivity index (χ4v) is 2.50. The van der Waals surface area contributed by atoms with Crippen molar-refractivity contribution in [3.8, 4) is 5.75 Å². The van der Waals surface area contributed by atoms with Crippen molar-refractivity contribution in [2.24, 2.45) is 5.73 Å². The highest BCUT2D eigenvalue weighted by Gasteiger charge is 2.20. The number of halogens is 2. The molecule has 0 aliphatic heterocycles. The van der Waals surface area contributed by atoms with Crippen LogP contribution in [0.5, 0.6) is 5.75 Å². The Morgan fingerprint density at radius 2 is 2.21 bits per heavy atom. The van der Waals surface area contributed by atoms with Crippen molar-refractivity contribution in [3.63, 3.8) is 0 Å². The summed E-state index contributed by atoms with van der Waals surface area (Å²) in [5.74, 6) is 0.274. The summed E-state index contributed by atoms with van der Waals surface area (Å²) in [7, 11) is 1.56. The maximum atomic E-state index is 13.5. The second-order valence-corrected chi connectivity index (χ2v) is 5.01. The third kappa shape index (κ3) is 2.79. The zero-order valence-corrected chi connectivity index (χ0v) is 12.3. The van der Waals surface area contributed by atoms with Crippen LogP contribution in [0.25, 0.3) is 0 Å². The van der Waals surface area contributed by atoms with Gasteiger partial charge < -0.3 is 10.5 Å². The minimum absolute atomic E-state index is 0.332. The van der Waals surface area contributed by atoms with E-state index in [0.29, 0.717) is 22.3 Å². The average molecular weight is 328 g/mol. The van der Waals surface area contributed by atoms with Crippen LogP contribution in [-0.4, -0.2) is 16.9 Å². The van der Waals surface area contributed by atoms with Crippen LogP contribution in [-0.2, 0) is 6.54 Å². The molecule has 102 valence electrons. The molecule has 6 heteroatoms. The lowest BCUT2D eigenvalue weighted by atomic mass is 10.0. The summed E-state index contributed by atoms with van der Waals surface area (Å²) in [6.45, 7) is 2.63. The Labute approximate surface area is 119 Å². The lowest BCUT2D eigenvalue weighted by molar-refractivity contribution is 0.404. The van der Waals surface area contributed by atoms with Gasteiger partial charge in [-0.1, -0.05) is 15.9 Å². The van der Waals surface area contributed by atoms with E-state index in [-0.39, 0.29) is 5.82 Å². The Balaban J connectivity index is 2.48. The van der Waals surface area contributed by atoms with Crippen molar-refractivity contribution in [1.29, 1.82) is 0 Å². The number of rotatable bonds is 4. The lowest BCUT2D eigenvalue weighted by Crippen LogP contribution is -2.18. The molecule has 0 fully saturated rings. The first-order chi connectivity index (χ1) is 9.06. The highest BCUT2D eigenvalue weighted by atomic mass is 79.9. The van der Waals surface area contributed by atoms with Gasteiger partial charge in [-0.25, -0.2) is 4.39 Å². The number of nitrogens with two attached hydrogens (primary N) is 1. The van der Waals surface area contributed by atoms with E-state index >= 15 is 0 Å². The zero-order chi connectivity index (χ0) is 14.0. The molecule has 4 nitrogen and oxygen atoms in total. The van der Waals surface area contributed by atoms with E-state index in [0.717, 1.165) is 5.69 Å². The largest absolute Gasteiger partial charge is 0.493 e. The molecule has 0 amide bonds. The number of aryl methyl sites for hydroxylation is 1. The fourth-order valence-electron chi connectivity index (χ4n) is 2.01. The minimum atomic E-state index is -0.496. The second-order valence-electron chi connectivity index (χ2n) is 4.09. The highest BCUT2D eigenvalue weighted by molar-refractivity contribution is 9.10. The summed E-state index contributed by atoms with van der Waals surface area (Å²) in [4.78, 5) is 0. The normalized spacial score (nSPS) is 12.5. The second kappa shape index (κ2) is 5.71. The van der Waals surface area contributed by atoms with Crippen LogP contribution < -0.4 is 10.5 Å². The number of hydrogen-bond acceptors (Lipinski definition) is 3. The Kier molecular flexibility index (Phi) is 4.21. The van der Waals surface area contributed by atoms with Gasteiger partial charge in [-0.15, -0.1) is 0 Å². The van der Waals surface area contributed by atoms with Crippen molar-refractivity contribution in [1.82, 2.24) is 9.78 Å². The van der Waals surface area contributed by atoms with Gasteiger partial charge in [0.25, 0.3) is 0 Å². The number of benzene rings is 1. The molecular weight excluding hydrogens is 313 g/mol. The molecule has 0 aliphatic rings. The van der Waals surface area contributed by atoms with E-state index in [1.54, 1.807) is 24.1 Å². The Bertz CT molecular complexity index is 544. The fraction of sp³-hybridized carbons (Fsp3) is 0.308. The quantitative estimate of drug-likeness (QED) is 0.939. The van der Waals surface area contributed by atoms with E-state index in [9.17, 15) is 4.39 Å². The lowest BCUT2D eigenvalue weighted by Gasteiger charge is -2.16. The molecule has 1 aromatic heterocycles. The van der Waals surface area contributed by atoms with E-state index in [1.807, 2.05) is 6.92 Å². The third-order valence-electron chi connectivity index (χ3n) is 2.90. The number of ether oxygens (including phenoxy) is 1. The molecule has 2 N–H and O–H groups in total. The maximum absolute atomic E-state index is 13.5. The SMILES string of the molecule is CCn1ncc(OC)c1C(N)c1cc(F)cc(Br)c1. The van der Waals surface area contributed by atoms with Gasteiger partial charge in [0.2, 0.25) is 0 Å². The minimum Gasteiger partial charge on any atom is -0.493 e. The summed E-state index contributed by atoms with van der Waals surface area (Å²) in [6.07, 6.45) is 1.62. The van der Waals surface area contributed by atoms with Crippen molar-refractivity contribution >= 4 is 15.9 Å². The first-order valence-corrected chi connectivity index (χ1v) is 6.67. The van der Waals surface area contributed by atoms with Gasteiger partial charge in [-0.05, 0) is 30.7 Å². The van der Waals surface area contributed by atoms with Crippen molar-refractivity contribution < 1.29 is 9.13 Å². The molecule has 1 atom stereocenters. The first kappa shape index (κ1) is 14.0. The van der Waals surface area contributed by atoms with E-state index in [4.69, 9.17) is 10.5 Å². The molecular formula is C13H15BrFN3O. The molecule has 1 aromatic carbocycles. The number of methoxy groups -OCH3 is 1. The van der Waals surface area contributed by atoms with Crippen LogP contribution in [0, 0.1) is 5.82 Å². The van der Waals surface area contributed by atoms with Crippen LogP contribution in [0.4, 0.5) is 4.39 Å². The molecule has 2 aromatic rings. The number of aromatic nitrogens is 2. The number of nitrogens with zero attached hydrogens (tertiary/aromatic N) is 2. The van der Waals surface area contributed by atoms with Crippen LogP contribution in [0.2, 0.25) is 0 Å². The van der Waals surface area contributed by atoms with Crippen LogP contribution in [0.3, 0.4) is 0 Å². The van der Waals surface area contributed by atoms with E-state index < -0.39 is 6.04 Å². The number of hydrogen-bond donors (Lipinski definition) is 1. The highest BCUT2D eigenvalue weighted by Crippen LogP contribution is 2.30. The molecule has 0 saturated heterocycles. The van der Waals surface area contributed by atoms with Crippen molar-refractivity contribution in [2.75, 3.05) is 7.11 Å².